The highest BCUT2D eigenvalue weighted by Crippen LogP contribution is 2.21. The van der Waals surface area contributed by atoms with Gasteiger partial charge in [0.15, 0.2) is 0 Å². The van der Waals surface area contributed by atoms with Crippen molar-refractivity contribution in [2.75, 3.05) is 36.4 Å². The summed E-state index contributed by atoms with van der Waals surface area (Å²) < 4.78 is 27.3. The standard InChI is InChI=1S/C19H23N5O3S/c1-4-18(25)22-16-5-7-17(8-6-16)28(26,27)24-11-9-23(10-12-24)19-20-14(2)13-15(3)21-19/h4-8,13H,1,9-12H2,2-3H3,(H,22,25). The van der Waals surface area contributed by atoms with Crippen LogP contribution in [0.25, 0.3) is 0 Å². The van der Waals surface area contributed by atoms with Crippen molar-refractivity contribution >= 4 is 27.6 Å². The number of anilines is 2. The minimum Gasteiger partial charge on any atom is -0.338 e. The molecule has 1 aromatic carbocycles. The predicted molar refractivity (Wildman–Crippen MR) is 108 cm³/mol. The molecule has 0 aliphatic carbocycles. The summed E-state index contributed by atoms with van der Waals surface area (Å²) in [7, 11) is -3.60. The average molecular weight is 401 g/mol. The maximum atomic E-state index is 12.9. The molecule has 28 heavy (non-hydrogen) atoms. The van der Waals surface area contributed by atoms with E-state index in [9.17, 15) is 13.2 Å². The number of carbonyl (C=O) groups excluding carboxylic acids is 1. The molecule has 1 aliphatic heterocycles. The van der Waals surface area contributed by atoms with E-state index in [0.717, 1.165) is 17.5 Å². The fourth-order valence-corrected chi connectivity index (χ4v) is 4.45. The third-order valence-electron chi connectivity index (χ3n) is 4.44. The molecule has 2 aromatic rings. The molecule has 1 amide bonds. The van der Waals surface area contributed by atoms with Crippen molar-refractivity contribution in [3.8, 4) is 0 Å². The summed E-state index contributed by atoms with van der Waals surface area (Å²) in [5.41, 5.74) is 2.29. The zero-order chi connectivity index (χ0) is 20.3. The molecule has 1 saturated heterocycles. The van der Waals surface area contributed by atoms with Crippen molar-refractivity contribution < 1.29 is 13.2 Å². The van der Waals surface area contributed by atoms with Gasteiger partial charge in [-0.25, -0.2) is 18.4 Å². The lowest BCUT2D eigenvalue weighted by molar-refractivity contribution is -0.111. The second kappa shape index (κ2) is 8.07. The molecule has 0 unspecified atom stereocenters. The lowest BCUT2D eigenvalue weighted by Gasteiger charge is -2.34. The summed E-state index contributed by atoms with van der Waals surface area (Å²) in [6.07, 6.45) is 1.16. The second-order valence-corrected chi connectivity index (χ2v) is 8.50. The number of sulfonamides is 1. The molecular weight excluding hydrogens is 378 g/mol. The van der Waals surface area contributed by atoms with Crippen molar-refractivity contribution in [1.29, 1.82) is 0 Å². The maximum Gasteiger partial charge on any atom is 0.247 e. The highest BCUT2D eigenvalue weighted by molar-refractivity contribution is 7.89. The van der Waals surface area contributed by atoms with Crippen LogP contribution in [0.1, 0.15) is 11.4 Å². The first-order valence-electron chi connectivity index (χ1n) is 8.90. The van der Waals surface area contributed by atoms with Crippen LogP contribution < -0.4 is 10.2 Å². The van der Waals surface area contributed by atoms with Gasteiger partial charge in [0.1, 0.15) is 0 Å². The normalized spacial score (nSPS) is 15.3. The van der Waals surface area contributed by atoms with E-state index < -0.39 is 10.0 Å². The van der Waals surface area contributed by atoms with Crippen LogP contribution in [0.2, 0.25) is 0 Å². The highest BCUT2D eigenvalue weighted by Gasteiger charge is 2.29. The van der Waals surface area contributed by atoms with Gasteiger partial charge >= 0.3 is 0 Å². The molecule has 1 fully saturated rings. The third-order valence-corrected chi connectivity index (χ3v) is 6.35. The van der Waals surface area contributed by atoms with Crippen molar-refractivity contribution in [2.45, 2.75) is 18.7 Å². The Labute approximate surface area is 165 Å². The Morgan fingerprint density at radius 3 is 2.18 bits per heavy atom. The summed E-state index contributed by atoms with van der Waals surface area (Å²) >= 11 is 0. The van der Waals surface area contributed by atoms with Crippen LogP contribution in [0.15, 0.2) is 47.9 Å². The molecule has 1 N–H and O–H groups in total. The van der Waals surface area contributed by atoms with Gasteiger partial charge in [0.25, 0.3) is 0 Å². The Morgan fingerprint density at radius 2 is 1.64 bits per heavy atom. The van der Waals surface area contributed by atoms with E-state index in [1.165, 1.54) is 16.4 Å². The van der Waals surface area contributed by atoms with E-state index in [1.54, 1.807) is 12.1 Å². The number of piperazine rings is 1. The third kappa shape index (κ3) is 4.37. The fraction of sp³-hybridized carbons (Fsp3) is 0.316. The van der Waals surface area contributed by atoms with Crippen LogP contribution in [0.5, 0.6) is 0 Å². The molecule has 1 aliphatic rings. The summed E-state index contributed by atoms with van der Waals surface area (Å²) in [6.45, 7) is 8.97. The number of aryl methyl sites for hydroxylation is 2. The van der Waals surface area contributed by atoms with E-state index >= 15 is 0 Å². The van der Waals surface area contributed by atoms with Gasteiger partial charge in [0.2, 0.25) is 21.9 Å². The predicted octanol–water partition coefficient (Wildman–Crippen LogP) is 1.73. The molecule has 0 saturated carbocycles. The number of nitrogens with one attached hydrogen (secondary N) is 1. The van der Waals surface area contributed by atoms with Gasteiger partial charge in [-0.1, -0.05) is 6.58 Å². The van der Waals surface area contributed by atoms with E-state index in [-0.39, 0.29) is 10.8 Å². The Bertz CT molecular complexity index is 961. The second-order valence-electron chi connectivity index (χ2n) is 6.56. The maximum absolute atomic E-state index is 12.9. The molecule has 0 atom stereocenters. The smallest absolute Gasteiger partial charge is 0.247 e. The number of benzene rings is 1. The van der Waals surface area contributed by atoms with Crippen molar-refractivity contribution in [3.05, 3.63) is 54.4 Å². The van der Waals surface area contributed by atoms with Gasteiger partial charge in [-0.2, -0.15) is 4.31 Å². The van der Waals surface area contributed by atoms with Crippen LogP contribution in [-0.2, 0) is 14.8 Å². The quantitative estimate of drug-likeness (QED) is 0.767. The zero-order valence-corrected chi connectivity index (χ0v) is 16.7. The Balaban J connectivity index is 1.69. The first-order chi connectivity index (χ1) is 13.3. The number of carbonyl (C=O) groups is 1. The molecule has 0 spiro atoms. The fourth-order valence-electron chi connectivity index (χ4n) is 3.03. The molecule has 8 nitrogen and oxygen atoms in total. The summed E-state index contributed by atoms with van der Waals surface area (Å²) in [5, 5.41) is 2.60. The molecule has 0 bridgehead atoms. The number of nitrogens with zero attached hydrogens (tertiary/aromatic N) is 4. The van der Waals surface area contributed by atoms with E-state index in [1.807, 2.05) is 24.8 Å². The van der Waals surface area contributed by atoms with Gasteiger partial charge in [0.05, 0.1) is 4.90 Å². The van der Waals surface area contributed by atoms with Crippen molar-refractivity contribution in [3.63, 3.8) is 0 Å². The SMILES string of the molecule is C=CC(=O)Nc1ccc(S(=O)(=O)N2CCN(c3nc(C)cc(C)n3)CC2)cc1. The lowest BCUT2D eigenvalue weighted by atomic mass is 10.3. The lowest BCUT2D eigenvalue weighted by Crippen LogP contribution is -2.49. The molecule has 3 rings (SSSR count). The van der Waals surface area contributed by atoms with Gasteiger partial charge in [-0.3, -0.25) is 4.79 Å². The van der Waals surface area contributed by atoms with Crippen LogP contribution in [0.3, 0.4) is 0 Å². The monoisotopic (exact) mass is 401 g/mol. The summed E-state index contributed by atoms with van der Waals surface area (Å²) in [5.74, 6) is 0.289. The van der Waals surface area contributed by atoms with Crippen LogP contribution >= 0.6 is 0 Å². The minimum absolute atomic E-state index is 0.195. The highest BCUT2D eigenvalue weighted by atomic mass is 32.2. The Hall–Kier alpha value is -2.78. The van der Waals surface area contributed by atoms with Crippen LogP contribution in [0, 0.1) is 13.8 Å². The molecule has 148 valence electrons. The molecule has 9 heteroatoms. The summed E-state index contributed by atoms with van der Waals surface area (Å²) in [6, 6.07) is 8.02. The first kappa shape index (κ1) is 20.0. The van der Waals surface area contributed by atoms with Gasteiger partial charge in [-0.15, -0.1) is 0 Å². The van der Waals surface area contributed by atoms with E-state index in [0.29, 0.717) is 37.8 Å². The number of hydrogen-bond acceptors (Lipinski definition) is 6. The molecular formula is C19H23N5O3S. The average Bonchev–Trinajstić information content (AvgIpc) is 2.67. The van der Waals surface area contributed by atoms with Crippen molar-refractivity contribution in [2.24, 2.45) is 0 Å². The van der Waals surface area contributed by atoms with Crippen LogP contribution in [0.4, 0.5) is 11.6 Å². The number of amides is 1. The molecule has 0 radical (unpaired) electrons. The number of hydrogen-bond donors (Lipinski definition) is 1. The van der Waals surface area contributed by atoms with Gasteiger partial charge < -0.3 is 10.2 Å². The minimum atomic E-state index is -3.60. The van der Waals surface area contributed by atoms with Gasteiger partial charge in [0, 0.05) is 43.3 Å². The van der Waals surface area contributed by atoms with Crippen LogP contribution in [-0.4, -0.2) is 54.8 Å². The van der Waals surface area contributed by atoms with Gasteiger partial charge in [-0.05, 0) is 50.3 Å². The first-order valence-corrected chi connectivity index (χ1v) is 10.3. The van der Waals surface area contributed by atoms with Crippen molar-refractivity contribution in [1.82, 2.24) is 14.3 Å². The topological polar surface area (TPSA) is 95.5 Å². The number of rotatable bonds is 5. The summed E-state index contributed by atoms with van der Waals surface area (Å²) in [4.78, 5) is 22.4. The Morgan fingerprint density at radius 1 is 1.07 bits per heavy atom. The van der Waals surface area contributed by atoms with E-state index in [2.05, 4.69) is 21.9 Å². The van der Waals surface area contributed by atoms with E-state index in [4.69, 9.17) is 0 Å². The number of aromatic nitrogens is 2. The zero-order valence-electron chi connectivity index (χ0n) is 15.9. The Kier molecular flexibility index (Phi) is 5.76. The molecule has 2 heterocycles. The molecule has 1 aromatic heterocycles. The largest absolute Gasteiger partial charge is 0.338 e.